The first-order valence-corrected chi connectivity index (χ1v) is 8.29. The van der Waals surface area contributed by atoms with Gasteiger partial charge in [0.25, 0.3) is 0 Å². The van der Waals surface area contributed by atoms with Crippen molar-refractivity contribution in [2.24, 2.45) is 17.6 Å². The van der Waals surface area contributed by atoms with Crippen LogP contribution in [0.5, 0.6) is 0 Å². The van der Waals surface area contributed by atoms with Crippen molar-refractivity contribution in [3.8, 4) is 0 Å². The van der Waals surface area contributed by atoms with E-state index in [1.807, 2.05) is 18.7 Å². The third-order valence-corrected chi connectivity index (χ3v) is 4.26. The molecule has 3 atom stereocenters. The first kappa shape index (κ1) is 18.4. The van der Waals surface area contributed by atoms with E-state index in [2.05, 4.69) is 6.92 Å². The van der Waals surface area contributed by atoms with Gasteiger partial charge in [-0.2, -0.15) is 0 Å². The molecule has 21 heavy (non-hydrogen) atoms. The maximum absolute atomic E-state index is 12.8. The average Bonchev–Trinajstić information content (AvgIpc) is 2.45. The van der Waals surface area contributed by atoms with Gasteiger partial charge >= 0.3 is 0 Å². The summed E-state index contributed by atoms with van der Waals surface area (Å²) in [5.41, 5.74) is 6.00. The van der Waals surface area contributed by atoms with E-state index in [4.69, 9.17) is 15.2 Å². The predicted octanol–water partition coefficient (Wildman–Crippen LogP) is 1.65. The first-order chi connectivity index (χ1) is 10.1. The Kier molecular flexibility index (Phi) is 8.88. The van der Waals surface area contributed by atoms with Crippen molar-refractivity contribution >= 4 is 5.91 Å². The first-order valence-electron chi connectivity index (χ1n) is 8.29. The van der Waals surface area contributed by atoms with Crippen LogP contribution in [0.25, 0.3) is 0 Å². The number of carbonyl (C=O) groups is 1. The molecule has 1 aliphatic carbocycles. The Hall–Kier alpha value is -0.650. The zero-order chi connectivity index (χ0) is 15.7. The lowest BCUT2D eigenvalue weighted by Crippen LogP contribution is -2.45. The van der Waals surface area contributed by atoms with E-state index in [1.165, 1.54) is 0 Å². The van der Waals surface area contributed by atoms with E-state index >= 15 is 0 Å². The molecule has 1 amide bonds. The highest BCUT2D eigenvalue weighted by Gasteiger charge is 2.33. The molecular formula is C16H32N2O3. The van der Waals surface area contributed by atoms with Crippen LogP contribution in [-0.2, 0) is 14.3 Å². The van der Waals surface area contributed by atoms with E-state index in [0.29, 0.717) is 45.4 Å². The Morgan fingerprint density at radius 3 is 2.19 bits per heavy atom. The number of hydrogen-bond acceptors (Lipinski definition) is 4. The summed E-state index contributed by atoms with van der Waals surface area (Å²) in [6, 6.07) is 0.254. The predicted molar refractivity (Wildman–Crippen MR) is 84.0 cm³/mol. The second kappa shape index (κ2) is 10.1. The van der Waals surface area contributed by atoms with Crippen LogP contribution in [0.3, 0.4) is 0 Å². The third kappa shape index (κ3) is 6.32. The molecule has 1 aliphatic rings. The Labute approximate surface area is 129 Å². The zero-order valence-corrected chi connectivity index (χ0v) is 13.8. The molecule has 1 rings (SSSR count). The number of nitrogens with two attached hydrogens (primary N) is 1. The lowest BCUT2D eigenvalue weighted by Gasteiger charge is -2.35. The molecule has 3 unspecified atom stereocenters. The second-order valence-electron chi connectivity index (χ2n) is 5.88. The molecule has 0 aromatic heterocycles. The van der Waals surface area contributed by atoms with E-state index in [0.717, 1.165) is 19.3 Å². The Morgan fingerprint density at radius 2 is 1.71 bits per heavy atom. The highest BCUT2D eigenvalue weighted by atomic mass is 16.5. The zero-order valence-electron chi connectivity index (χ0n) is 13.8. The summed E-state index contributed by atoms with van der Waals surface area (Å²) in [7, 11) is 0. The van der Waals surface area contributed by atoms with Gasteiger partial charge in [0, 0.05) is 38.3 Å². The summed E-state index contributed by atoms with van der Waals surface area (Å²) in [6.45, 7) is 9.93. The van der Waals surface area contributed by atoms with Crippen molar-refractivity contribution < 1.29 is 14.3 Å². The molecule has 124 valence electrons. The summed E-state index contributed by atoms with van der Waals surface area (Å²) >= 11 is 0. The Morgan fingerprint density at radius 1 is 1.14 bits per heavy atom. The van der Waals surface area contributed by atoms with Gasteiger partial charge in [-0.1, -0.05) is 6.92 Å². The van der Waals surface area contributed by atoms with Crippen molar-refractivity contribution in [1.82, 2.24) is 4.90 Å². The molecule has 0 spiro atoms. The summed E-state index contributed by atoms with van der Waals surface area (Å²) < 4.78 is 10.8. The van der Waals surface area contributed by atoms with Gasteiger partial charge in [0.05, 0.1) is 13.2 Å². The molecule has 2 N–H and O–H groups in total. The number of rotatable bonds is 9. The average molecular weight is 300 g/mol. The molecular weight excluding hydrogens is 268 g/mol. The molecule has 5 nitrogen and oxygen atoms in total. The minimum Gasteiger partial charge on any atom is -0.380 e. The minimum atomic E-state index is 0.105. The molecule has 1 fully saturated rings. The van der Waals surface area contributed by atoms with Gasteiger partial charge in [-0.05, 0) is 39.0 Å². The van der Waals surface area contributed by atoms with Crippen LogP contribution in [0.1, 0.15) is 40.0 Å². The SMILES string of the molecule is CCOCCN(CCOCC)C(=O)C1CCC(N)CC1C. The van der Waals surface area contributed by atoms with Crippen LogP contribution in [0.4, 0.5) is 0 Å². The Bertz CT molecular complexity index is 289. The molecule has 0 aromatic carbocycles. The van der Waals surface area contributed by atoms with Crippen LogP contribution in [0.2, 0.25) is 0 Å². The highest BCUT2D eigenvalue weighted by Crippen LogP contribution is 2.30. The van der Waals surface area contributed by atoms with Crippen LogP contribution in [0, 0.1) is 11.8 Å². The van der Waals surface area contributed by atoms with Crippen molar-refractivity contribution in [2.75, 3.05) is 39.5 Å². The molecule has 0 radical (unpaired) electrons. The van der Waals surface area contributed by atoms with E-state index in [-0.39, 0.29) is 17.9 Å². The van der Waals surface area contributed by atoms with Gasteiger partial charge in [0.1, 0.15) is 0 Å². The van der Waals surface area contributed by atoms with Gasteiger partial charge in [-0.25, -0.2) is 0 Å². The lowest BCUT2D eigenvalue weighted by atomic mass is 9.77. The number of carbonyl (C=O) groups excluding carboxylic acids is 1. The molecule has 0 bridgehead atoms. The molecule has 1 saturated carbocycles. The normalized spacial score (nSPS) is 25.8. The molecule has 0 saturated heterocycles. The van der Waals surface area contributed by atoms with Crippen molar-refractivity contribution in [1.29, 1.82) is 0 Å². The topological polar surface area (TPSA) is 64.8 Å². The highest BCUT2D eigenvalue weighted by molar-refractivity contribution is 5.79. The number of ether oxygens (including phenoxy) is 2. The van der Waals surface area contributed by atoms with Crippen LogP contribution < -0.4 is 5.73 Å². The maximum atomic E-state index is 12.8. The summed E-state index contributed by atoms with van der Waals surface area (Å²) in [5.74, 6) is 0.713. The largest absolute Gasteiger partial charge is 0.380 e. The molecule has 0 heterocycles. The van der Waals surface area contributed by atoms with Gasteiger partial charge in [-0.15, -0.1) is 0 Å². The lowest BCUT2D eigenvalue weighted by molar-refractivity contribution is -0.140. The number of nitrogens with zero attached hydrogens (tertiary/aromatic N) is 1. The molecule has 0 aromatic rings. The van der Waals surface area contributed by atoms with Crippen molar-refractivity contribution in [2.45, 2.75) is 46.1 Å². The van der Waals surface area contributed by atoms with Gasteiger partial charge in [0.2, 0.25) is 5.91 Å². The van der Waals surface area contributed by atoms with Crippen molar-refractivity contribution in [3.63, 3.8) is 0 Å². The summed E-state index contributed by atoms with van der Waals surface area (Å²) in [4.78, 5) is 14.7. The standard InChI is InChI=1S/C16H32N2O3/c1-4-20-10-8-18(9-11-21-5-2)16(19)15-7-6-14(17)12-13(15)3/h13-15H,4-12,17H2,1-3H3. The summed E-state index contributed by atoms with van der Waals surface area (Å²) in [6.07, 6.45) is 2.80. The van der Waals surface area contributed by atoms with Gasteiger partial charge in [0.15, 0.2) is 0 Å². The number of hydrogen-bond donors (Lipinski definition) is 1. The minimum absolute atomic E-state index is 0.105. The van der Waals surface area contributed by atoms with E-state index in [9.17, 15) is 4.79 Å². The summed E-state index contributed by atoms with van der Waals surface area (Å²) in [5, 5.41) is 0. The van der Waals surface area contributed by atoms with Crippen LogP contribution in [-0.4, -0.2) is 56.4 Å². The smallest absolute Gasteiger partial charge is 0.226 e. The molecule has 5 heteroatoms. The van der Waals surface area contributed by atoms with Gasteiger partial charge < -0.3 is 20.1 Å². The fourth-order valence-electron chi connectivity index (χ4n) is 3.01. The monoisotopic (exact) mass is 300 g/mol. The Balaban J connectivity index is 2.55. The second-order valence-corrected chi connectivity index (χ2v) is 5.88. The van der Waals surface area contributed by atoms with E-state index in [1.54, 1.807) is 0 Å². The van der Waals surface area contributed by atoms with Crippen LogP contribution in [0.15, 0.2) is 0 Å². The van der Waals surface area contributed by atoms with Crippen molar-refractivity contribution in [3.05, 3.63) is 0 Å². The fraction of sp³-hybridized carbons (Fsp3) is 0.938. The maximum Gasteiger partial charge on any atom is 0.226 e. The quantitative estimate of drug-likeness (QED) is 0.658. The van der Waals surface area contributed by atoms with Gasteiger partial charge in [-0.3, -0.25) is 4.79 Å². The van der Waals surface area contributed by atoms with Crippen LogP contribution >= 0.6 is 0 Å². The third-order valence-electron chi connectivity index (χ3n) is 4.26. The molecule has 0 aliphatic heterocycles. The number of amides is 1. The fourth-order valence-corrected chi connectivity index (χ4v) is 3.01. The van der Waals surface area contributed by atoms with E-state index < -0.39 is 0 Å².